The molecule has 9 aromatic carbocycles. The van der Waals surface area contributed by atoms with Crippen LogP contribution in [0.25, 0.3) is 105 Å². The van der Waals surface area contributed by atoms with Crippen LogP contribution in [0.1, 0.15) is 86.8 Å². The monoisotopic (exact) mass is 1120 g/mol. The van der Waals surface area contributed by atoms with E-state index in [-0.39, 0.29) is 42.9 Å². The summed E-state index contributed by atoms with van der Waals surface area (Å²) < 4.78 is 35.0. The van der Waals surface area contributed by atoms with Gasteiger partial charge in [-0.1, -0.05) is 169 Å². The molecular formula is C66H56IrN4O-2. The van der Waals surface area contributed by atoms with Crippen LogP contribution in [-0.4, -0.2) is 19.5 Å². The molecule has 12 aromatic rings. The summed E-state index contributed by atoms with van der Waals surface area (Å²) in [5.74, 6) is 1.73. The van der Waals surface area contributed by atoms with Gasteiger partial charge in [0.2, 0.25) is 0 Å². The van der Waals surface area contributed by atoms with Gasteiger partial charge in [-0.05, 0) is 109 Å². The first-order valence-corrected chi connectivity index (χ1v) is 24.5. The Morgan fingerprint density at radius 3 is 1.99 bits per heavy atom. The Kier molecular flexibility index (Phi) is 12.1. The van der Waals surface area contributed by atoms with Crippen molar-refractivity contribution in [1.82, 2.24) is 19.5 Å². The van der Waals surface area contributed by atoms with Crippen molar-refractivity contribution >= 4 is 54.5 Å². The molecule has 0 saturated carbocycles. The molecule has 12 rings (SSSR count). The van der Waals surface area contributed by atoms with Crippen molar-refractivity contribution in [3.8, 4) is 50.7 Å². The smallest absolute Gasteiger partial charge is 0.121 e. The van der Waals surface area contributed by atoms with Gasteiger partial charge in [0, 0.05) is 52.6 Å². The topological polar surface area (TPSA) is 56.7 Å². The summed E-state index contributed by atoms with van der Waals surface area (Å²) in [6.45, 7) is 13.0. The van der Waals surface area contributed by atoms with Crippen molar-refractivity contribution < 1.29 is 28.6 Å². The Labute approximate surface area is 440 Å². The third-order valence-corrected chi connectivity index (χ3v) is 13.5. The van der Waals surface area contributed by atoms with Crippen molar-refractivity contribution in [2.75, 3.05) is 0 Å². The zero-order valence-corrected chi connectivity index (χ0v) is 43.9. The van der Waals surface area contributed by atoms with Gasteiger partial charge in [0.25, 0.3) is 0 Å². The van der Waals surface area contributed by atoms with E-state index in [1.54, 1.807) is 6.07 Å². The Morgan fingerprint density at radius 1 is 0.611 bits per heavy atom. The van der Waals surface area contributed by atoms with E-state index in [1.165, 1.54) is 22.3 Å². The van der Waals surface area contributed by atoms with E-state index in [2.05, 4.69) is 178 Å². The van der Waals surface area contributed by atoms with Gasteiger partial charge >= 0.3 is 0 Å². The number of rotatable bonds is 7. The molecule has 0 aliphatic carbocycles. The second kappa shape index (κ2) is 19.6. The van der Waals surface area contributed by atoms with Crippen molar-refractivity contribution in [1.29, 1.82) is 0 Å². The first-order chi connectivity index (χ1) is 35.6. The van der Waals surface area contributed by atoms with Gasteiger partial charge in [-0.3, -0.25) is 15.0 Å². The summed E-state index contributed by atoms with van der Waals surface area (Å²) in [6.07, 6.45) is 1.81. The molecule has 5 nitrogen and oxygen atoms in total. The molecule has 0 N–H and O–H groups in total. The molecule has 0 amide bonds. The number of hydrogen-bond acceptors (Lipinski definition) is 4. The number of para-hydroxylation sites is 2. The molecule has 1 radical (unpaired) electrons. The van der Waals surface area contributed by atoms with Gasteiger partial charge in [-0.2, -0.15) is 0 Å². The summed E-state index contributed by atoms with van der Waals surface area (Å²) in [4.78, 5) is 14.2. The van der Waals surface area contributed by atoms with Crippen LogP contribution in [0.5, 0.6) is 0 Å². The van der Waals surface area contributed by atoms with E-state index in [0.717, 1.165) is 71.9 Å². The van der Waals surface area contributed by atoms with Crippen LogP contribution in [0, 0.1) is 19.0 Å². The summed E-state index contributed by atoms with van der Waals surface area (Å²) in [7, 11) is 0. The summed E-state index contributed by atoms with van der Waals surface area (Å²) in [5.41, 5.74) is 13.9. The number of benzene rings is 9. The van der Waals surface area contributed by atoms with E-state index < -0.39 is 6.85 Å². The number of nitrogens with zero attached hydrogens (tertiary/aromatic N) is 4. The number of hydrogen-bond donors (Lipinski definition) is 0. The van der Waals surface area contributed by atoms with Gasteiger partial charge in [0.05, 0.1) is 28.3 Å². The van der Waals surface area contributed by atoms with Crippen molar-refractivity contribution in [2.24, 2.45) is 0 Å². The minimum atomic E-state index is -2.40. The fraction of sp³-hybridized carbons (Fsp3) is 0.167. The van der Waals surface area contributed by atoms with Crippen molar-refractivity contribution in [3.63, 3.8) is 0 Å². The van der Waals surface area contributed by atoms with Crippen LogP contribution >= 0.6 is 0 Å². The number of aromatic nitrogens is 4. The Balaban J connectivity index is 0.000000323. The zero-order valence-electron chi connectivity index (χ0n) is 44.5. The van der Waals surface area contributed by atoms with E-state index in [4.69, 9.17) is 13.5 Å². The minimum Gasteiger partial charge on any atom is -0.501 e. The predicted molar refractivity (Wildman–Crippen MR) is 296 cm³/mol. The molecule has 0 saturated heterocycles. The Morgan fingerprint density at radius 2 is 1.28 bits per heavy atom. The molecular weight excluding hydrogens is 1060 g/mol. The summed E-state index contributed by atoms with van der Waals surface area (Å²) in [5, 5.41) is 5.65. The fourth-order valence-corrected chi connectivity index (χ4v) is 9.82. The average Bonchev–Trinajstić information content (AvgIpc) is 4.07. The van der Waals surface area contributed by atoms with Crippen molar-refractivity contribution in [2.45, 2.75) is 72.6 Å². The van der Waals surface area contributed by atoms with Gasteiger partial charge in [0.1, 0.15) is 5.58 Å². The standard InChI is InChI=1S/C52H41N2O.C14H15N2.Ir/c1-31(2)42-28-39(36-22-20-35(21-23-36)34-13-7-6-8-14-34)29-43(32(3)4)50(42)54-47-18-12-11-17-46(47)53-52(54)41-26-19-33(5)49-45-27-38-25-24-37-15-9-10-16-40(37)44(38)30-48(45)55-51(41)49;1-14(2,3)12-9-10-15-13(16-12)11-7-5-4-6-8-11;/h6-25,27-32H,1-5H3;4-7,9-10H,1-3H3;/q2*-1;/i5D3;;. The van der Waals surface area contributed by atoms with Crippen LogP contribution in [0.4, 0.5) is 0 Å². The number of imidazole rings is 1. The maximum absolute atomic E-state index is 8.63. The van der Waals surface area contributed by atoms with Gasteiger partial charge in [-0.15, -0.1) is 53.6 Å². The molecule has 0 fully saturated rings. The Hall–Kier alpha value is -7.50. The molecule has 0 aliphatic rings. The van der Waals surface area contributed by atoms with Crippen LogP contribution in [0.15, 0.2) is 187 Å². The van der Waals surface area contributed by atoms with Gasteiger partial charge in [-0.25, -0.2) is 0 Å². The van der Waals surface area contributed by atoms with Gasteiger partial charge in [0.15, 0.2) is 0 Å². The van der Waals surface area contributed by atoms with E-state index in [0.29, 0.717) is 27.9 Å². The molecule has 3 heterocycles. The number of fused-ring (bicyclic) bond motifs is 7. The third kappa shape index (κ3) is 8.95. The largest absolute Gasteiger partial charge is 0.501 e. The molecule has 0 aliphatic heterocycles. The quantitative estimate of drug-likeness (QED) is 0.118. The predicted octanol–water partition coefficient (Wildman–Crippen LogP) is 17.8. The first kappa shape index (κ1) is 44.4. The first-order valence-electron chi connectivity index (χ1n) is 26.0. The second-order valence-corrected chi connectivity index (χ2v) is 20.0. The van der Waals surface area contributed by atoms with Crippen LogP contribution < -0.4 is 0 Å². The van der Waals surface area contributed by atoms with Crippen LogP contribution in [0.2, 0.25) is 0 Å². The van der Waals surface area contributed by atoms with Gasteiger partial charge < -0.3 is 8.98 Å². The molecule has 6 heteroatoms. The van der Waals surface area contributed by atoms with E-state index >= 15 is 0 Å². The number of furan rings is 1. The fourth-order valence-electron chi connectivity index (χ4n) is 9.82. The van der Waals surface area contributed by atoms with Crippen molar-refractivity contribution in [3.05, 3.63) is 217 Å². The maximum atomic E-state index is 8.63. The maximum Gasteiger partial charge on any atom is 0.121 e. The SMILES string of the molecule is CC(C)(C)c1ccnc(-c2[c-]cccc2)n1.[2H]C([2H])([2H])c1c[c-]c(-c2nc3ccccc3n2-c2c(C(C)C)cc(-c3ccc(-c4ccccc4)cc3)cc2C(C)C)c2oc3cc4c(ccc5ccccc54)cc3c12.[Ir]. The zero-order chi connectivity index (χ0) is 51.5. The normalized spacial score (nSPS) is 12.5. The molecule has 0 spiro atoms. The molecule has 72 heavy (non-hydrogen) atoms. The molecule has 357 valence electrons. The second-order valence-electron chi connectivity index (χ2n) is 20.0. The summed E-state index contributed by atoms with van der Waals surface area (Å²) >= 11 is 0. The number of aryl methyl sites for hydroxylation is 1. The molecule has 0 bridgehead atoms. The molecule has 3 aromatic heterocycles. The Bertz CT molecular complexity index is 4010. The van der Waals surface area contributed by atoms with Crippen LogP contribution in [0.3, 0.4) is 0 Å². The summed E-state index contributed by atoms with van der Waals surface area (Å²) in [6, 6.07) is 66.7. The van der Waals surface area contributed by atoms with Crippen LogP contribution in [-0.2, 0) is 25.5 Å². The van der Waals surface area contributed by atoms with E-state index in [9.17, 15) is 0 Å². The van der Waals surface area contributed by atoms with E-state index in [1.807, 2.05) is 72.9 Å². The third-order valence-electron chi connectivity index (χ3n) is 13.5. The molecule has 0 atom stereocenters. The molecule has 0 unspecified atom stereocenters. The minimum absolute atomic E-state index is 0. The average molecular weight is 1120 g/mol.